The first-order valence-corrected chi connectivity index (χ1v) is 7.93. The highest BCUT2D eigenvalue weighted by atomic mass is 32.2. The number of para-hydroxylation sites is 2. The van der Waals surface area contributed by atoms with Gasteiger partial charge in [0.1, 0.15) is 0 Å². The Morgan fingerprint density at radius 1 is 1.04 bits per heavy atom. The van der Waals surface area contributed by atoms with Crippen LogP contribution in [-0.4, -0.2) is 23.3 Å². The first kappa shape index (κ1) is 14.9. The van der Waals surface area contributed by atoms with Gasteiger partial charge < -0.3 is 0 Å². The number of sulfonamides is 1. The number of hydrogen-bond donors (Lipinski definition) is 1. The van der Waals surface area contributed by atoms with Crippen LogP contribution in [0.4, 0.5) is 11.5 Å². The topological polar surface area (TPSA) is 115 Å². The van der Waals surface area contributed by atoms with Crippen LogP contribution in [0.5, 0.6) is 0 Å². The van der Waals surface area contributed by atoms with E-state index in [9.17, 15) is 18.5 Å². The molecular weight excluding hydrogens is 320 g/mol. The Labute approximate surface area is 131 Å². The van der Waals surface area contributed by atoms with Crippen molar-refractivity contribution in [2.24, 2.45) is 0 Å². The first-order chi connectivity index (χ1) is 11.0. The molecule has 0 radical (unpaired) electrons. The van der Waals surface area contributed by atoms with Crippen LogP contribution in [0.2, 0.25) is 0 Å². The zero-order chi connectivity index (χ0) is 16.4. The summed E-state index contributed by atoms with van der Waals surface area (Å²) < 4.78 is 26.9. The van der Waals surface area contributed by atoms with Crippen LogP contribution in [0, 0.1) is 10.1 Å². The van der Waals surface area contributed by atoms with Gasteiger partial charge >= 0.3 is 0 Å². The average Bonchev–Trinajstić information content (AvgIpc) is 2.54. The van der Waals surface area contributed by atoms with Crippen LogP contribution in [-0.2, 0) is 10.0 Å². The van der Waals surface area contributed by atoms with Crippen LogP contribution in [0.3, 0.4) is 0 Å². The van der Waals surface area contributed by atoms with E-state index in [1.165, 1.54) is 24.4 Å². The second-order valence-corrected chi connectivity index (χ2v) is 6.29. The SMILES string of the molecule is O=[N+]([O-])c1cccc(S(=O)(=O)Nc2cnc3ccccc3n2)c1. The van der Waals surface area contributed by atoms with Gasteiger partial charge in [0.15, 0.2) is 5.82 Å². The Hall–Kier alpha value is -3.07. The molecule has 0 bridgehead atoms. The number of aromatic nitrogens is 2. The van der Waals surface area contributed by atoms with Gasteiger partial charge in [0.2, 0.25) is 0 Å². The number of hydrogen-bond acceptors (Lipinski definition) is 6. The molecule has 3 rings (SSSR count). The zero-order valence-electron chi connectivity index (χ0n) is 11.6. The highest BCUT2D eigenvalue weighted by Crippen LogP contribution is 2.20. The van der Waals surface area contributed by atoms with Crippen molar-refractivity contribution in [3.8, 4) is 0 Å². The van der Waals surface area contributed by atoms with Crippen LogP contribution >= 0.6 is 0 Å². The Balaban J connectivity index is 1.96. The van der Waals surface area contributed by atoms with Crippen molar-refractivity contribution in [2.75, 3.05) is 4.72 Å². The van der Waals surface area contributed by atoms with Crippen molar-refractivity contribution >= 4 is 32.6 Å². The standard InChI is InChI=1S/C14H10N4O4S/c19-18(20)10-4-3-5-11(8-10)23(21,22)17-14-9-15-12-6-1-2-7-13(12)16-14/h1-9H,(H,16,17). The molecule has 0 aliphatic carbocycles. The van der Waals surface area contributed by atoms with E-state index < -0.39 is 14.9 Å². The Bertz CT molecular complexity index is 1000. The fourth-order valence-corrected chi connectivity index (χ4v) is 2.99. The lowest BCUT2D eigenvalue weighted by atomic mass is 10.3. The molecule has 0 saturated carbocycles. The predicted octanol–water partition coefficient (Wildman–Crippen LogP) is 2.34. The lowest BCUT2D eigenvalue weighted by Gasteiger charge is -2.07. The van der Waals surface area contributed by atoms with Crippen molar-refractivity contribution in [3.63, 3.8) is 0 Å². The summed E-state index contributed by atoms with van der Waals surface area (Å²) in [5.41, 5.74) is 0.856. The van der Waals surface area contributed by atoms with Crippen LogP contribution < -0.4 is 4.72 Å². The minimum Gasteiger partial charge on any atom is -0.262 e. The second-order valence-electron chi connectivity index (χ2n) is 4.60. The van der Waals surface area contributed by atoms with Crippen molar-refractivity contribution in [1.29, 1.82) is 0 Å². The summed E-state index contributed by atoms with van der Waals surface area (Å²) in [5, 5.41) is 10.8. The molecule has 0 unspecified atom stereocenters. The molecule has 0 saturated heterocycles. The van der Waals surface area contributed by atoms with Gasteiger partial charge in [0.05, 0.1) is 27.0 Å². The summed E-state index contributed by atoms with van der Waals surface area (Å²) >= 11 is 0. The Morgan fingerprint density at radius 2 is 1.78 bits per heavy atom. The molecule has 0 fully saturated rings. The molecule has 116 valence electrons. The summed E-state index contributed by atoms with van der Waals surface area (Å²) in [4.78, 5) is 18.1. The number of benzene rings is 2. The maximum atomic E-state index is 12.3. The summed E-state index contributed by atoms with van der Waals surface area (Å²) in [7, 11) is -3.99. The highest BCUT2D eigenvalue weighted by molar-refractivity contribution is 7.92. The number of nitro groups is 1. The fraction of sp³-hybridized carbons (Fsp3) is 0. The minimum atomic E-state index is -3.99. The van der Waals surface area contributed by atoms with E-state index >= 15 is 0 Å². The molecule has 1 heterocycles. The molecule has 0 aliphatic heterocycles. The third kappa shape index (κ3) is 3.09. The molecule has 0 amide bonds. The molecule has 0 spiro atoms. The molecule has 0 aliphatic rings. The maximum absolute atomic E-state index is 12.3. The van der Waals surface area contributed by atoms with Gasteiger partial charge in [-0.05, 0) is 18.2 Å². The molecule has 3 aromatic rings. The second kappa shape index (κ2) is 5.61. The van der Waals surface area contributed by atoms with Crippen molar-refractivity contribution < 1.29 is 13.3 Å². The number of nitro benzene ring substituents is 1. The smallest absolute Gasteiger partial charge is 0.262 e. The van der Waals surface area contributed by atoms with Gasteiger partial charge in [0.25, 0.3) is 15.7 Å². The lowest BCUT2D eigenvalue weighted by molar-refractivity contribution is -0.385. The number of non-ortho nitro benzene ring substituents is 1. The summed E-state index contributed by atoms with van der Waals surface area (Å²) in [6.07, 6.45) is 1.29. The van der Waals surface area contributed by atoms with Crippen LogP contribution in [0.1, 0.15) is 0 Å². The monoisotopic (exact) mass is 330 g/mol. The Morgan fingerprint density at radius 3 is 2.52 bits per heavy atom. The van der Waals surface area contributed by atoms with Gasteiger partial charge in [0, 0.05) is 12.1 Å². The number of nitrogens with zero attached hydrogens (tertiary/aromatic N) is 3. The molecule has 2 aromatic carbocycles. The van der Waals surface area contributed by atoms with E-state index in [0.717, 1.165) is 6.07 Å². The van der Waals surface area contributed by atoms with Crippen molar-refractivity contribution in [1.82, 2.24) is 9.97 Å². The summed E-state index contributed by atoms with van der Waals surface area (Å²) in [5.74, 6) is 0.0372. The van der Waals surface area contributed by atoms with Crippen LogP contribution in [0.15, 0.2) is 59.6 Å². The van der Waals surface area contributed by atoms with Crippen LogP contribution in [0.25, 0.3) is 11.0 Å². The van der Waals surface area contributed by atoms with Gasteiger partial charge in [-0.15, -0.1) is 0 Å². The largest absolute Gasteiger partial charge is 0.270 e. The van der Waals surface area contributed by atoms with E-state index in [0.29, 0.717) is 11.0 Å². The molecule has 23 heavy (non-hydrogen) atoms. The maximum Gasteiger partial charge on any atom is 0.270 e. The van der Waals surface area contributed by atoms with Gasteiger partial charge in [-0.3, -0.25) is 19.8 Å². The van der Waals surface area contributed by atoms with E-state index in [-0.39, 0.29) is 16.4 Å². The third-order valence-corrected chi connectivity index (χ3v) is 4.38. The number of anilines is 1. The molecule has 8 nitrogen and oxygen atoms in total. The minimum absolute atomic E-state index is 0.0372. The van der Waals surface area contributed by atoms with Gasteiger partial charge in [-0.2, -0.15) is 0 Å². The molecule has 9 heteroatoms. The van der Waals surface area contributed by atoms with E-state index in [4.69, 9.17) is 0 Å². The first-order valence-electron chi connectivity index (χ1n) is 6.45. The Kier molecular flexibility index (Phi) is 3.62. The quantitative estimate of drug-likeness (QED) is 0.580. The van der Waals surface area contributed by atoms with E-state index in [2.05, 4.69) is 14.7 Å². The van der Waals surface area contributed by atoms with Crippen molar-refractivity contribution in [3.05, 3.63) is 64.8 Å². The summed E-state index contributed by atoms with van der Waals surface area (Å²) in [6.45, 7) is 0. The lowest BCUT2D eigenvalue weighted by Crippen LogP contribution is -2.14. The fourth-order valence-electron chi connectivity index (χ4n) is 1.97. The highest BCUT2D eigenvalue weighted by Gasteiger charge is 2.18. The number of rotatable bonds is 4. The van der Waals surface area contributed by atoms with E-state index in [1.807, 2.05) is 0 Å². The summed E-state index contributed by atoms with van der Waals surface area (Å²) in [6, 6.07) is 11.8. The van der Waals surface area contributed by atoms with Crippen molar-refractivity contribution in [2.45, 2.75) is 4.90 Å². The zero-order valence-corrected chi connectivity index (χ0v) is 12.4. The van der Waals surface area contributed by atoms with E-state index in [1.54, 1.807) is 24.3 Å². The predicted molar refractivity (Wildman–Crippen MR) is 83.4 cm³/mol. The molecule has 1 aromatic heterocycles. The number of nitrogens with one attached hydrogen (secondary N) is 1. The molecule has 0 atom stereocenters. The van der Waals surface area contributed by atoms with Gasteiger partial charge in [-0.25, -0.2) is 13.4 Å². The van der Waals surface area contributed by atoms with Gasteiger partial charge in [-0.1, -0.05) is 18.2 Å². The normalized spacial score (nSPS) is 11.3. The molecule has 1 N–H and O–H groups in total. The molecular formula is C14H10N4O4S. The average molecular weight is 330 g/mol. The number of fused-ring (bicyclic) bond motifs is 1. The third-order valence-electron chi connectivity index (χ3n) is 3.03.